The lowest BCUT2D eigenvalue weighted by molar-refractivity contribution is 0.661. The molecule has 0 amide bonds. The Morgan fingerprint density at radius 1 is 0.269 bits per heavy atom. The van der Waals surface area contributed by atoms with E-state index in [2.05, 4.69) is 226 Å². The minimum Gasteiger partial charge on any atom is -0.208 e. The van der Waals surface area contributed by atoms with Crippen LogP contribution in [0.3, 0.4) is 0 Å². The van der Waals surface area contributed by atoms with E-state index in [9.17, 15) is 0 Å². The van der Waals surface area contributed by atoms with Crippen molar-refractivity contribution in [2.24, 2.45) is 0 Å². The first-order chi connectivity index (χ1) is 32.9. The number of nitrogens with zero attached hydrogens (tertiary/aromatic N) is 3. The normalized spacial score (nSPS) is 12.7. The average molecular weight is 854 g/mol. The summed E-state index contributed by atoms with van der Waals surface area (Å²) < 4.78 is 0. The van der Waals surface area contributed by atoms with E-state index in [-0.39, 0.29) is 5.41 Å². The highest BCUT2D eigenvalue weighted by atomic mass is 15.0. The van der Waals surface area contributed by atoms with Gasteiger partial charge in [-0.05, 0) is 117 Å². The van der Waals surface area contributed by atoms with Crippen molar-refractivity contribution in [1.29, 1.82) is 0 Å². The van der Waals surface area contributed by atoms with Crippen LogP contribution in [0.15, 0.2) is 224 Å². The lowest BCUT2D eigenvalue weighted by Crippen LogP contribution is -2.15. The van der Waals surface area contributed by atoms with Gasteiger partial charge >= 0.3 is 0 Å². The maximum atomic E-state index is 5.14. The van der Waals surface area contributed by atoms with Crippen LogP contribution in [0, 0.1) is 0 Å². The molecule has 3 heteroatoms. The Hall–Kier alpha value is -8.53. The van der Waals surface area contributed by atoms with Gasteiger partial charge in [-0.3, -0.25) is 0 Å². The zero-order valence-corrected chi connectivity index (χ0v) is 37.2. The molecule has 0 aliphatic heterocycles. The molecule has 0 fully saturated rings. The first-order valence-electron chi connectivity index (χ1n) is 23.1. The van der Waals surface area contributed by atoms with Gasteiger partial charge in [-0.2, -0.15) is 0 Å². The third kappa shape index (κ3) is 6.54. The molecule has 1 aliphatic rings. The Morgan fingerprint density at radius 2 is 0.657 bits per heavy atom. The molecule has 12 aromatic rings. The second kappa shape index (κ2) is 15.3. The molecule has 0 N–H and O–H groups in total. The molecule has 1 aromatic heterocycles. The van der Waals surface area contributed by atoms with Crippen LogP contribution in [0.1, 0.15) is 25.0 Å². The minimum absolute atomic E-state index is 0.185. The molecule has 0 saturated carbocycles. The zero-order chi connectivity index (χ0) is 44.6. The lowest BCUT2D eigenvalue weighted by Gasteiger charge is -2.23. The molecule has 314 valence electrons. The Morgan fingerprint density at radius 3 is 1.28 bits per heavy atom. The summed E-state index contributed by atoms with van der Waals surface area (Å²) in [5, 5.41) is 7.88. The van der Waals surface area contributed by atoms with Crippen molar-refractivity contribution >= 4 is 32.3 Å². The average Bonchev–Trinajstić information content (AvgIpc) is 3.62. The van der Waals surface area contributed by atoms with Gasteiger partial charge in [-0.25, -0.2) is 15.0 Å². The summed E-state index contributed by atoms with van der Waals surface area (Å²) in [6.07, 6.45) is 0. The maximum absolute atomic E-state index is 5.14. The highest BCUT2D eigenvalue weighted by molar-refractivity contribution is 6.25. The summed E-state index contributed by atoms with van der Waals surface area (Å²) in [5.41, 5.74) is 17.4. The van der Waals surface area contributed by atoms with Gasteiger partial charge in [0.15, 0.2) is 17.5 Å². The molecule has 0 radical (unpaired) electrons. The summed E-state index contributed by atoms with van der Waals surface area (Å²) in [6, 6.07) is 81.0. The summed E-state index contributed by atoms with van der Waals surface area (Å²) >= 11 is 0. The first-order valence-corrected chi connectivity index (χ1v) is 23.1. The summed E-state index contributed by atoms with van der Waals surface area (Å²) in [7, 11) is 0. The van der Waals surface area contributed by atoms with Crippen LogP contribution in [-0.4, -0.2) is 15.0 Å². The van der Waals surface area contributed by atoms with E-state index in [1.807, 2.05) is 12.1 Å². The van der Waals surface area contributed by atoms with E-state index >= 15 is 0 Å². The van der Waals surface area contributed by atoms with E-state index < -0.39 is 0 Å². The van der Waals surface area contributed by atoms with Gasteiger partial charge in [0, 0.05) is 22.1 Å². The van der Waals surface area contributed by atoms with Crippen molar-refractivity contribution in [3.63, 3.8) is 0 Å². The fraction of sp³-hybridized carbons (Fsp3) is 0.0469. The van der Waals surface area contributed by atoms with Gasteiger partial charge in [0.05, 0.1) is 0 Å². The van der Waals surface area contributed by atoms with Crippen molar-refractivity contribution in [3.05, 3.63) is 236 Å². The molecule has 0 bridgehead atoms. The molecule has 67 heavy (non-hydrogen) atoms. The summed E-state index contributed by atoms with van der Waals surface area (Å²) in [6.45, 7) is 4.75. The van der Waals surface area contributed by atoms with Crippen molar-refractivity contribution in [3.8, 4) is 89.8 Å². The molecule has 11 aromatic carbocycles. The van der Waals surface area contributed by atoms with Crippen LogP contribution in [0.4, 0.5) is 0 Å². The summed E-state index contributed by atoms with van der Waals surface area (Å²) in [4.78, 5) is 15.4. The fourth-order valence-electron chi connectivity index (χ4n) is 10.6. The van der Waals surface area contributed by atoms with Gasteiger partial charge in [0.2, 0.25) is 0 Å². The second-order valence-corrected chi connectivity index (χ2v) is 18.4. The van der Waals surface area contributed by atoms with Gasteiger partial charge < -0.3 is 0 Å². The molecule has 1 aliphatic carbocycles. The minimum atomic E-state index is -0.185. The van der Waals surface area contributed by atoms with Crippen molar-refractivity contribution in [1.82, 2.24) is 15.0 Å². The maximum Gasteiger partial charge on any atom is 0.164 e. The number of fused-ring (bicyclic) bond motifs is 3. The summed E-state index contributed by atoms with van der Waals surface area (Å²) in [5.74, 6) is 1.91. The molecule has 13 rings (SSSR count). The predicted octanol–water partition coefficient (Wildman–Crippen LogP) is 16.7. The Balaban J connectivity index is 0.842. The highest BCUT2D eigenvalue weighted by Crippen LogP contribution is 2.51. The van der Waals surface area contributed by atoms with Crippen LogP contribution >= 0.6 is 0 Å². The topological polar surface area (TPSA) is 38.7 Å². The largest absolute Gasteiger partial charge is 0.208 e. The van der Waals surface area contributed by atoms with Crippen molar-refractivity contribution < 1.29 is 0 Å². The molecular weight excluding hydrogens is 811 g/mol. The van der Waals surface area contributed by atoms with E-state index in [4.69, 9.17) is 15.0 Å². The molecular formula is C64H43N3. The van der Waals surface area contributed by atoms with E-state index in [1.54, 1.807) is 0 Å². The number of hydrogen-bond acceptors (Lipinski definition) is 3. The van der Waals surface area contributed by atoms with Gasteiger partial charge in [0.25, 0.3) is 0 Å². The van der Waals surface area contributed by atoms with Crippen LogP contribution in [0.2, 0.25) is 0 Å². The smallest absolute Gasteiger partial charge is 0.164 e. The monoisotopic (exact) mass is 853 g/mol. The fourth-order valence-corrected chi connectivity index (χ4v) is 10.6. The highest BCUT2D eigenvalue weighted by Gasteiger charge is 2.36. The van der Waals surface area contributed by atoms with Crippen LogP contribution in [-0.2, 0) is 5.41 Å². The zero-order valence-electron chi connectivity index (χ0n) is 37.2. The van der Waals surface area contributed by atoms with Crippen LogP contribution in [0.25, 0.3) is 122 Å². The predicted molar refractivity (Wildman–Crippen MR) is 279 cm³/mol. The Kier molecular flexibility index (Phi) is 8.88. The lowest BCUT2D eigenvalue weighted by atomic mass is 9.80. The molecule has 0 unspecified atom stereocenters. The van der Waals surface area contributed by atoms with E-state index in [1.165, 1.54) is 76.8 Å². The quantitative estimate of drug-likeness (QED) is 0.150. The van der Waals surface area contributed by atoms with Gasteiger partial charge in [-0.15, -0.1) is 0 Å². The molecule has 0 spiro atoms. The van der Waals surface area contributed by atoms with Crippen molar-refractivity contribution in [2.45, 2.75) is 19.3 Å². The van der Waals surface area contributed by atoms with Crippen molar-refractivity contribution in [2.75, 3.05) is 0 Å². The number of rotatable bonds is 7. The molecule has 3 nitrogen and oxygen atoms in total. The third-order valence-corrected chi connectivity index (χ3v) is 14.1. The van der Waals surface area contributed by atoms with E-state index in [0.717, 1.165) is 38.9 Å². The molecule has 0 saturated heterocycles. The standard InChI is InChI=1S/C64H43N3/c1-64(2)57-38-50(31-34-54(57)55-35-32-51(39-58(55)64)53-33-29-46-24-23-44-15-9-16-45-30-36-56(53)60(46)59(44)45)43-21-27-48(28-22-43)62-65-61(47-25-19-42(20-26-47)40-11-5-3-6-12-40)66-63(67-62)52-18-10-17-49(37-52)41-13-7-4-8-14-41/h3-39H,1-2H3. The Labute approximate surface area is 390 Å². The second-order valence-electron chi connectivity index (χ2n) is 18.4. The number of aromatic nitrogens is 3. The molecule has 0 atom stereocenters. The van der Waals surface area contributed by atoms with Crippen LogP contribution in [0.5, 0.6) is 0 Å². The SMILES string of the molecule is CC1(C)c2cc(-c3ccc(-c4nc(-c5ccc(-c6ccccc6)cc5)nc(-c5cccc(-c6ccccc6)c5)n4)cc3)ccc2-c2ccc(-c3ccc4ccc5cccc6ccc3c4c56)cc21. The first kappa shape index (κ1) is 38.9. The van der Waals surface area contributed by atoms with Crippen LogP contribution < -0.4 is 0 Å². The van der Waals surface area contributed by atoms with Gasteiger partial charge in [0.1, 0.15) is 0 Å². The third-order valence-electron chi connectivity index (χ3n) is 14.1. The number of benzene rings is 11. The Bertz CT molecular complexity index is 3840. The van der Waals surface area contributed by atoms with Gasteiger partial charge in [-0.1, -0.05) is 220 Å². The number of hydrogen-bond donors (Lipinski definition) is 0. The molecule has 1 heterocycles. The van der Waals surface area contributed by atoms with E-state index in [0.29, 0.717) is 17.5 Å².